The Labute approximate surface area is 156 Å². The second kappa shape index (κ2) is 7.68. The summed E-state index contributed by atoms with van der Waals surface area (Å²) in [5.74, 6) is 0. The van der Waals surface area contributed by atoms with Gasteiger partial charge in [0.15, 0.2) is 0 Å². The first-order chi connectivity index (χ1) is 11.5. The Hall–Kier alpha value is -1.36. The maximum absolute atomic E-state index is 6.40. The highest BCUT2D eigenvalue weighted by Crippen LogP contribution is 2.31. The van der Waals surface area contributed by atoms with Crippen molar-refractivity contribution in [2.24, 2.45) is 10.1 Å². The van der Waals surface area contributed by atoms with Crippen LogP contribution in [0.4, 0.5) is 0 Å². The van der Waals surface area contributed by atoms with Crippen molar-refractivity contribution in [1.29, 1.82) is 0 Å². The molecule has 1 aliphatic carbocycles. The highest BCUT2D eigenvalue weighted by molar-refractivity contribution is 7.07. The fourth-order valence-corrected chi connectivity index (χ4v) is 3.94. The molecule has 1 aliphatic rings. The second-order valence-electron chi connectivity index (χ2n) is 5.99. The lowest BCUT2D eigenvalue weighted by Crippen LogP contribution is -2.14. The summed E-state index contributed by atoms with van der Waals surface area (Å²) in [6.07, 6.45) is 4.52. The lowest BCUT2D eigenvalue weighted by Gasteiger charge is -2.07. The van der Waals surface area contributed by atoms with E-state index in [9.17, 15) is 0 Å². The van der Waals surface area contributed by atoms with Crippen molar-refractivity contribution in [3.8, 4) is 11.3 Å². The smallest absolute Gasteiger partial charge is 0.206 e. The van der Waals surface area contributed by atoms with Gasteiger partial charge in [-0.3, -0.25) is 4.99 Å². The molecule has 1 aromatic heterocycles. The predicted octanol–water partition coefficient (Wildman–Crippen LogP) is 5.78. The van der Waals surface area contributed by atoms with E-state index in [0.717, 1.165) is 34.5 Å². The first kappa shape index (κ1) is 17.5. The van der Waals surface area contributed by atoms with Crippen LogP contribution in [0, 0.1) is 0 Å². The van der Waals surface area contributed by atoms with Crippen LogP contribution >= 0.6 is 34.5 Å². The number of halogens is 2. The van der Waals surface area contributed by atoms with Crippen molar-refractivity contribution in [2.45, 2.75) is 32.6 Å². The van der Waals surface area contributed by atoms with Crippen LogP contribution in [0.2, 0.25) is 10.0 Å². The Bertz CT molecular complexity index is 853. The molecule has 0 N–H and O–H groups in total. The third kappa shape index (κ3) is 4.00. The number of benzene rings is 1. The molecule has 0 aliphatic heterocycles. The van der Waals surface area contributed by atoms with Crippen LogP contribution in [-0.4, -0.2) is 16.9 Å². The quantitative estimate of drug-likeness (QED) is 0.602. The number of nitrogens with zero attached hydrogens (tertiary/aromatic N) is 3. The highest BCUT2D eigenvalue weighted by Gasteiger charge is 2.14. The van der Waals surface area contributed by atoms with Gasteiger partial charge in [-0.25, -0.2) is 4.68 Å². The molecule has 6 heteroatoms. The van der Waals surface area contributed by atoms with Gasteiger partial charge >= 0.3 is 0 Å². The van der Waals surface area contributed by atoms with Gasteiger partial charge in [0.1, 0.15) is 0 Å². The summed E-state index contributed by atoms with van der Waals surface area (Å²) in [5, 5.41) is 8.15. The Kier molecular flexibility index (Phi) is 5.59. The minimum Gasteiger partial charge on any atom is -0.253 e. The monoisotopic (exact) mass is 379 g/mol. The van der Waals surface area contributed by atoms with Gasteiger partial charge in [0.05, 0.1) is 17.3 Å². The minimum absolute atomic E-state index is 0.596. The molecule has 1 fully saturated rings. The van der Waals surface area contributed by atoms with Crippen LogP contribution in [-0.2, 0) is 0 Å². The van der Waals surface area contributed by atoms with E-state index in [4.69, 9.17) is 28.3 Å². The SMILES string of the molecule is C=C(C)CN=c1scc(-c2ccc(Cl)cc2Cl)n1N=C1CCCC1. The van der Waals surface area contributed by atoms with Gasteiger partial charge in [0.2, 0.25) is 4.80 Å². The van der Waals surface area contributed by atoms with E-state index < -0.39 is 0 Å². The van der Waals surface area contributed by atoms with Crippen molar-refractivity contribution in [1.82, 2.24) is 4.68 Å². The van der Waals surface area contributed by atoms with Gasteiger partial charge in [-0.15, -0.1) is 11.3 Å². The largest absolute Gasteiger partial charge is 0.253 e. The van der Waals surface area contributed by atoms with E-state index in [1.165, 1.54) is 18.6 Å². The number of hydrogen-bond donors (Lipinski definition) is 0. The summed E-state index contributed by atoms with van der Waals surface area (Å²) in [5.41, 5.74) is 4.10. The van der Waals surface area contributed by atoms with Gasteiger partial charge in [0, 0.05) is 21.7 Å². The Morgan fingerprint density at radius 2 is 2.04 bits per heavy atom. The average molecular weight is 380 g/mol. The van der Waals surface area contributed by atoms with Crippen LogP contribution in [0.3, 0.4) is 0 Å². The average Bonchev–Trinajstić information content (AvgIpc) is 3.16. The summed E-state index contributed by atoms with van der Waals surface area (Å²) >= 11 is 14.0. The molecule has 0 unspecified atom stereocenters. The molecule has 0 saturated heterocycles. The lowest BCUT2D eigenvalue weighted by molar-refractivity contribution is 0.824. The molecule has 1 heterocycles. The number of thiazole rings is 1. The molecule has 3 rings (SSSR count). The van der Waals surface area contributed by atoms with E-state index in [0.29, 0.717) is 16.6 Å². The zero-order valence-corrected chi connectivity index (χ0v) is 15.9. The molecule has 1 saturated carbocycles. The molecule has 0 radical (unpaired) electrons. The third-order valence-corrected chi connectivity index (χ3v) is 5.20. The molecule has 0 atom stereocenters. The molecule has 0 spiro atoms. The van der Waals surface area contributed by atoms with Gasteiger partial charge < -0.3 is 0 Å². The fourth-order valence-electron chi connectivity index (χ4n) is 2.61. The second-order valence-corrected chi connectivity index (χ2v) is 7.67. The van der Waals surface area contributed by atoms with Crippen LogP contribution in [0.15, 0.2) is 45.8 Å². The summed E-state index contributed by atoms with van der Waals surface area (Å²) < 4.78 is 1.92. The predicted molar refractivity (Wildman–Crippen MR) is 104 cm³/mol. The van der Waals surface area contributed by atoms with Gasteiger partial charge in [-0.05, 0) is 50.8 Å². The fraction of sp³-hybridized carbons (Fsp3) is 0.333. The van der Waals surface area contributed by atoms with Crippen LogP contribution in [0.5, 0.6) is 0 Å². The van der Waals surface area contributed by atoms with Gasteiger partial charge in [-0.2, -0.15) is 5.10 Å². The van der Waals surface area contributed by atoms with Crippen LogP contribution in [0.1, 0.15) is 32.6 Å². The standard InChI is InChI=1S/C18H19Cl2N3S/c1-12(2)10-21-18-23(22-14-5-3-4-6-14)17(11-24-18)15-8-7-13(19)9-16(15)20/h7-9,11H,1,3-6,10H2,2H3. The molecule has 126 valence electrons. The Morgan fingerprint density at radius 1 is 1.29 bits per heavy atom. The molecule has 2 aromatic rings. The zero-order chi connectivity index (χ0) is 17.1. The molecule has 24 heavy (non-hydrogen) atoms. The van der Waals surface area contributed by atoms with Crippen molar-refractivity contribution in [3.63, 3.8) is 0 Å². The maximum Gasteiger partial charge on any atom is 0.206 e. The molecule has 0 amide bonds. The van der Waals surface area contributed by atoms with E-state index in [-0.39, 0.29) is 0 Å². The van der Waals surface area contributed by atoms with Crippen molar-refractivity contribution < 1.29 is 0 Å². The topological polar surface area (TPSA) is 29.6 Å². The molecule has 0 bridgehead atoms. The van der Waals surface area contributed by atoms with E-state index in [1.807, 2.05) is 29.1 Å². The maximum atomic E-state index is 6.40. The molecule has 3 nitrogen and oxygen atoms in total. The van der Waals surface area contributed by atoms with Crippen molar-refractivity contribution >= 4 is 40.3 Å². The van der Waals surface area contributed by atoms with Crippen molar-refractivity contribution in [2.75, 3.05) is 6.54 Å². The Morgan fingerprint density at radius 3 is 2.71 bits per heavy atom. The van der Waals surface area contributed by atoms with Crippen LogP contribution < -0.4 is 4.80 Å². The number of aromatic nitrogens is 1. The Balaban J connectivity index is 2.13. The third-order valence-electron chi connectivity index (χ3n) is 3.80. The molecular weight excluding hydrogens is 361 g/mol. The van der Waals surface area contributed by atoms with Crippen molar-refractivity contribution in [3.05, 3.63) is 50.6 Å². The van der Waals surface area contributed by atoms with E-state index >= 15 is 0 Å². The number of rotatable bonds is 4. The number of hydrogen-bond acceptors (Lipinski definition) is 3. The lowest BCUT2D eigenvalue weighted by atomic mass is 10.2. The summed E-state index contributed by atoms with van der Waals surface area (Å²) in [7, 11) is 0. The van der Waals surface area contributed by atoms with Gasteiger partial charge in [-0.1, -0.05) is 35.4 Å². The molecular formula is C18H19Cl2N3S. The summed E-state index contributed by atoms with van der Waals surface area (Å²) in [4.78, 5) is 5.51. The van der Waals surface area contributed by atoms with Gasteiger partial charge in [0.25, 0.3) is 0 Å². The zero-order valence-electron chi connectivity index (χ0n) is 13.6. The molecule has 1 aromatic carbocycles. The van der Waals surface area contributed by atoms with Crippen LogP contribution in [0.25, 0.3) is 11.3 Å². The van der Waals surface area contributed by atoms with E-state index in [2.05, 4.69) is 11.6 Å². The van der Waals surface area contributed by atoms with E-state index in [1.54, 1.807) is 17.4 Å². The summed E-state index contributed by atoms with van der Waals surface area (Å²) in [6, 6.07) is 5.53. The summed E-state index contributed by atoms with van der Waals surface area (Å²) in [6.45, 7) is 6.49. The highest BCUT2D eigenvalue weighted by atomic mass is 35.5. The normalized spacial score (nSPS) is 15.1. The first-order valence-electron chi connectivity index (χ1n) is 7.92. The minimum atomic E-state index is 0.596. The first-order valence-corrected chi connectivity index (χ1v) is 9.55.